The van der Waals surface area contributed by atoms with Gasteiger partial charge in [-0.05, 0) is 31.7 Å². The fourth-order valence-electron chi connectivity index (χ4n) is 2.75. The van der Waals surface area contributed by atoms with Crippen molar-refractivity contribution in [1.29, 1.82) is 0 Å². The molecule has 0 spiro atoms. The standard InChI is InChI=1S/C13H25F3N2O/c1-3-5-18-7-10(12(19)4-2)6-11(8-18)17-9-13(14,15)16/h10-12,17,19H,3-9H2,1-2H3. The number of nitrogens with one attached hydrogen (secondary N) is 1. The van der Waals surface area contributed by atoms with Crippen molar-refractivity contribution in [3.63, 3.8) is 0 Å². The first-order valence-electron chi connectivity index (χ1n) is 7.06. The van der Waals surface area contributed by atoms with E-state index in [1.54, 1.807) is 0 Å². The molecule has 3 unspecified atom stereocenters. The minimum Gasteiger partial charge on any atom is -0.393 e. The maximum absolute atomic E-state index is 12.3. The first-order chi connectivity index (χ1) is 8.85. The first kappa shape index (κ1) is 16.7. The Morgan fingerprint density at radius 2 is 2.00 bits per heavy atom. The van der Waals surface area contributed by atoms with Gasteiger partial charge >= 0.3 is 6.18 Å². The summed E-state index contributed by atoms with van der Waals surface area (Å²) in [6.07, 6.45) is -2.36. The first-order valence-corrected chi connectivity index (χ1v) is 7.06. The van der Waals surface area contributed by atoms with E-state index in [0.29, 0.717) is 19.4 Å². The summed E-state index contributed by atoms with van der Waals surface area (Å²) in [6, 6.07) is -0.187. The maximum Gasteiger partial charge on any atom is 0.401 e. The minimum absolute atomic E-state index is 0.0658. The summed E-state index contributed by atoms with van der Waals surface area (Å²) < 4.78 is 36.8. The Morgan fingerprint density at radius 3 is 2.53 bits per heavy atom. The summed E-state index contributed by atoms with van der Waals surface area (Å²) in [4.78, 5) is 2.15. The van der Waals surface area contributed by atoms with E-state index in [4.69, 9.17) is 0 Å². The molecule has 1 fully saturated rings. The van der Waals surface area contributed by atoms with Gasteiger partial charge in [0.25, 0.3) is 0 Å². The molecular formula is C13H25F3N2O. The number of aliphatic hydroxyl groups excluding tert-OH is 1. The third-order valence-corrected chi connectivity index (χ3v) is 3.65. The number of alkyl halides is 3. The Bertz CT molecular complexity index is 261. The van der Waals surface area contributed by atoms with Crippen LogP contribution in [0.15, 0.2) is 0 Å². The number of aliphatic hydroxyl groups is 1. The third kappa shape index (κ3) is 6.10. The van der Waals surface area contributed by atoms with Crippen LogP contribution < -0.4 is 5.32 Å². The molecule has 1 saturated heterocycles. The Hall–Kier alpha value is -0.330. The highest BCUT2D eigenvalue weighted by Crippen LogP contribution is 2.23. The number of piperidine rings is 1. The van der Waals surface area contributed by atoms with Crippen LogP contribution in [-0.4, -0.2) is 54.5 Å². The van der Waals surface area contributed by atoms with Crippen LogP contribution in [0.3, 0.4) is 0 Å². The molecule has 114 valence electrons. The van der Waals surface area contributed by atoms with E-state index in [1.807, 2.05) is 6.92 Å². The molecule has 0 aromatic rings. The normalized spacial score (nSPS) is 27.5. The van der Waals surface area contributed by atoms with E-state index in [9.17, 15) is 18.3 Å². The monoisotopic (exact) mass is 282 g/mol. The average Bonchev–Trinajstić information content (AvgIpc) is 2.35. The Morgan fingerprint density at radius 1 is 1.32 bits per heavy atom. The molecule has 1 aliphatic heterocycles. The zero-order valence-electron chi connectivity index (χ0n) is 11.7. The van der Waals surface area contributed by atoms with Crippen LogP contribution in [-0.2, 0) is 0 Å². The van der Waals surface area contributed by atoms with Gasteiger partial charge < -0.3 is 15.3 Å². The van der Waals surface area contributed by atoms with Gasteiger partial charge in [0.1, 0.15) is 0 Å². The molecule has 0 bridgehead atoms. The van der Waals surface area contributed by atoms with Crippen molar-refractivity contribution in [3.8, 4) is 0 Å². The smallest absolute Gasteiger partial charge is 0.393 e. The van der Waals surface area contributed by atoms with Gasteiger partial charge in [0.05, 0.1) is 12.6 Å². The molecule has 3 nitrogen and oxygen atoms in total. The molecule has 0 aromatic carbocycles. The second kappa shape index (κ2) is 7.45. The van der Waals surface area contributed by atoms with Crippen molar-refractivity contribution in [2.45, 2.75) is 51.4 Å². The van der Waals surface area contributed by atoms with Gasteiger partial charge in [0.15, 0.2) is 0 Å². The summed E-state index contributed by atoms with van der Waals surface area (Å²) in [5.41, 5.74) is 0. The van der Waals surface area contributed by atoms with Gasteiger partial charge in [0.2, 0.25) is 0 Å². The number of hydrogen-bond acceptors (Lipinski definition) is 3. The van der Waals surface area contributed by atoms with Crippen LogP contribution >= 0.6 is 0 Å². The number of rotatable bonds is 6. The predicted molar refractivity (Wildman–Crippen MR) is 69.0 cm³/mol. The molecule has 2 N–H and O–H groups in total. The van der Waals surface area contributed by atoms with Gasteiger partial charge in [0, 0.05) is 19.1 Å². The van der Waals surface area contributed by atoms with E-state index in [1.165, 1.54) is 0 Å². The minimum atomic E-state index is -4.17. The second-order valence-corrected chi connectivity index (χ2v) is 5.42. The number of nitrogens with zero attached hydrogens (tertiary/aromatic N) is 1. The fraction of sp³-hybridized carbons (Fsp3) is 1.00. The zero-order valence-corrected chi connectivity index (χ0v) is 11.7. The molecular weight excluding hydrogens is 257 g/mol. The molecule has 0 aromatic heterocycles. The lowest BCUT2D eigenvalue weighted by molar-refractivity contribution is -0.127. The SMILES string of the molecule is CCCN1CC(NCC(F)(F)F)CC(C(O)CC)C1. The Labute approximate surface area is 113 Å². The van der Waals surface area contributed by atoms with E-state index in [0.717, 1.165) is 19.5 Å². The summed E-state index contributed by atoms with van der Waals surface area (Å²) >= 11 is 0. The van der Waals surface area contributed by atoms with Gasteiger partial charge in [-0.25, -0.2) is 0 Å². The van der Waals surface area contributed by atoms with Crippen LogP contribution in [0, 0.1) is 5.92 Å². The average molecular weight is 282 g/mol. The quantitative estimate of drug-likeness (QED) is 0.782. The van der Waals surface area contributed by atoms with Gasteiger partial charge in [-0.1, -0.05) is 13.8 Å². The van der Waals surface area contributed by atoms with Crippen molar-refractivity contribution in [2.75, 3.05) is 26.2 Å². The summed E-state index contributed by atoms with van der Waals surface area (Å²) in [7, 11) is 0. The van der Waals surface area contributed by atoms with Crippen molar-refractivity contribution in [1.82, 2.24) is 10.2 Å². The number of likely N-dealkylation sites (tertiary alicyclic amines) is 1. The number of halogens is 3. The van der Waals surface area contributed by atoms with Crippen LogP contribution in [0.4, 0.5) is 13.2 Å². The molecule has 6 heteroatoms. The molecule has 19 heavy (non-hydrogen) atoms. The molecule has 1 rings (SSSR count). The fourth-order valence-corrected chi connectivity index (χ4v) is 2.75. The highest BCUT2D eigenvalue weighted by Gasteiger charge is 2.33. The lowest BCUT2D eigenvalue weighted by Crippen LogP contribution is -2.53. The van der Waals surface area contributed by atoms with Gasteiger partial charge in [-0.15, -0.1) is 0 Å². The summed E-state index contributed by atoms with van der Waals surface area (Å²) in [5.74, 6) is 0.0658. The van der Waals surface area contributed by atoms with Crippen LogP contribution in [0.1, 0.15) is 33.1 Å². The third-order valence-electron chi connectivity index (χ3n) is 3.65. The van der Waals surface area contributed by atoms with E-state index in [-0.39, 0.29) is 12.0 Å². The highest BCUT2D eigenvalue weighted by molar-refractivity contribution is 4.86. The van der Waals surface area contributed by atoms with E-state index in [2.05, 4.69) is 17.1 Å². The highest BCUT2D eigenvalue weighted by atomic mass is 19.4. The Balaban J connectivity index is 2.54. The van der Waals surface area contributed by atoms with Crippen LogP contribution in [0.2, 0.25) is 0 Å². The molecule has 1 heterocycles. The Kier molecular flexibility index (Phi) is 6.56. The topological polar surface area (TPSA) is 35.5 Å². The van der Waals surface area contributed by atoms with Crippen molar-refractivity contribution in [3.05, 3.63) is 0 Å². The summed E-state index contributed by atoms with van der Waals surface area (Å²) in [5, 5.41) is 12.5. The van der Waals surface area contributed by atoms with E-state index < -0.39 is 18.8 Å². The molecule has 1 aliphatic rings. The van der Waals surface area contributed by atoms with Crippen molar-refractivity contribution in [2.24, 2.45) is 5.92 Å². The molecule has 0 radical (unpaired) electrons. The molecule has 0 saturated carbocycles. The predicted octanol–water partition coefficient (Wildman–Crippen LogP) is 2.01. The number of hydrogen-bond donors (Lipinski definition) is 2. The lowest BCUT2D eigenvalue weighted by Gasteiger charge is -2.40. The van der Waals surface area contributed by atoms with Gasteiger partial charge in [-0.3, -0.25) is 0 Å². The van der Waals surface area contributed by atoms with E-state index >= 15 is 0 Å². The molecule has 0 amide bonds. The molecule has 3 atom stereocenters. The van der Waals surface area contributed by atoms with Crippen molar-refractivity contribution < 1.29 is 18.3 Å². The zero-order chi connectivity index (χ0) is 14.5. The summed E-state index contributed by atoms with van der Waals surface area (Å²) in [6.45, 7) is 5.30. The van der Waals surface area contributed by atoms with Crippen molar-refractivity contribution >= 4 is 0 Å². The van der Waals surface area contributed by atoms with Crippen LogP contribution in [0.5, 0.6) is 0 Å². The maximum atomic E-state index is 12.3. The largest absolute Gasteiger partial charge is 0.401 e. The lowest BCUT2D eigenvalue weighted by atomic mass is 9.88. The second-order valence-electron chi connectivity index (χ2n) is 5.42. The van der Waals surface area contributed by atoms with Gasteiger partial charge in [-0.2, -0.15) is 13.2 Å². The van der Waals surface area contributed by atoms with Crippen LogP contribution in [0.25, 0.3) is 0 Å². The molecule has 0 aliphatic carbocycles.